The van der Waals surface area contributed by atoms with E-state index in [-0.39, 0.29) is 18.4 Å². The number of esters is 4. The molecule has 0 amide bonds. The molecule has 0 spiro atoms. The largest absolute Gasteiger partial charge is 0.494 e. The summed E-state index contributed by atoms with van der Waals surface area (Å²) in [6.45, 7) is 9.11. The number of azide groups is 1. The molecule has 1 aliphatic heterocycles. The van der Waals surface area contributed by atoms with E-state index in [0.717, 1.165) is 44.9 Å². The predicted octanol–water partition coefficient (Wildman–Crippen LogP) is 4.06. The SMILES string of the molecule is CC(=O)OC[C@H]1O[C@@H](Oc2n[nH]c(C(C)C)c2Cc2ccc(OCCCCN=[N+]=[N-])cc2)[C@H](OC(C)=O)[C@@H](OC(C)=O)[C@@H]1OC(C)=O. The molecule has 16 nitrogen and oxygen atoms in total. The van der Waals surface area contributed by atoms with E-state index in [4.69, 9.17) is 38.7 Å². The lowest BCUT2D eigenvalue weighted by Crippen LogP contribution is -2.63. The van der Waals surface area contributed by atoms with Crippen molar-refractivity contribution >= 4 is 23.9 Å². The molecule has 1 aliphatic rings. The van der Waals surface area contributed by atoms with Crippen LogP contribution in [0, 0.1) is 0 Å². The molecule has 47 heavy (non-hydrogen) atoms. The maximum atomic E-state index is 12.2. The Hall–Kier alpha value is -4.82. The zero-order valence-electron chi connectivity index (χ0n) is 27.3. The number of aromatic nitrogens is 2. The number of rotatable bonds is 16. The second kappa shape index (κ2) is 17.8. The zero-order valence-corrected chi connectivity index (χ0v) is 27.3. The van der Waals surface area contributed by atoms with E-state index < -0.39 is 54.6 Å². The molecule has 1 fully saturated rings. The molecule has 0 saturated carbocycles. The summed E-state index contributed by atoms with van der Waals surface area (Å²) in [6.07, 6.45) is -4.82. The lowest BCUT2D eigenvalue weighted by atomic mass is 9.97. The number of aromatic amines is 1. The summed E-state index contributed by atoms with van der Waals surface area (Å²) in [6, 6.07) is 7.50. The van der Waals surface area contributed by atoms with Crippen LogP contribution < -0.4 is 9.47 Å². The van der Waals surface area contributed by atoms with Crippen molar-refractivity contribution in [1.29, 1.82) is 0 Å². The maximum Gasteiger partial charge on any atom is 0.303 e. The van der Waals surface area contributed by atoms with E-state index in [2.05, 4.69) is 20.2 Å². The number of carbonyl (C=O) groups excluding carboxylic acids is 4. The quantitative estimate of drug-likeness (QED) is 0.0675. The van der Waals surface area contributed by atoms with Crippen LogP contribution in [-0.2, 0) is 49.3 Å². The van der Waals surface area contributed by atoms with E-state index in [1.807, 2.05) is 38.1 Å². The van der Waals surface area contributed by atoms with Gasteiger partial charge in [-0.1, -0.05) is 31.1 Å². The van der Waals surface area contributed by atoms with E-state index in [1.54, 1.807) is 0 Å². The average Bonchev–Trinajstić information content (AvgIpc) is 3.39. The van der Waals surface area contributed by atoms with Crippen molar-refractivity contribution in [2.24, 2.45) is 5.11 Å². The number of unbranched alkanes of at least 4 members (excludes halogenated alkanes) is 1. The maximum absolute atomic E-state index is 12.2. The Balaban J connectivity index is 1.90. The minimum atomic E-state index is -1.42. The van der Waals surface area contributed by atoms with Crippen LogP contribution >= 0.6 is 0 Å². The Morgan fingerprint density at radius 1 is 0.936 bits per heavy atom. The molecule has 0 radical (unpaired) electrons. The van der Waals surface area contributed by atoms with Crippen molar-refractivity contribution in [3.63, 3.8) is 0 Å². The monoisotopic (exact) mass is 659 g/mol. The Labute approximate surface area is 271 Å². The Morgan fingerprint density at radius 2 is 1.57 bits per heavy atom. The third-order valence-corrected chi connectivity index (χ3v) is 6.90. The molecule has 1 N–H and O–H groups in total. The van der Waals surface area contributed by atoms with Crippen LogP contribution in [0.1, 0.15) is 77.1 Å². The average molecular weight is 660 g/mol. The van der Waals surface area contributed by atoms with E-state index in [0.29, 0.717) is 30.9 Å². The van der Waals surface area contributed by atoms with Crippen molar-refractivity contribution in [1.82, 2.24) is 10.2 Å². The van der Waals surface area contributed by atoms with Gasteiger partial charge in [0.15, 0.2) is 12.2 Å². The van der Waals surface area contributed by atoms with Gasteiger partial charge in [-0.2, -0.15) is 0 Å². The Bertz CT molecular complexity index is 1420. The number of nitrogens with zero attached hydrogens (tertiary/aromatic N) is 4. The summed E-state index contributed by atoms with van der Waals surface area (Å²) in [5, 5.41) is 10.9. The molecule has 1 saturated heterocycles. The summed E-state index contributed by atoms with van der Waals surface area (Å²) in [7, 11) is 0. The molecule has 2 aromatic rings. The van der Waals surface area contributed by atoms with Gasteiger partial charge in [0.1, 0.15) is 18.5 Å². The highest BCUT2D eigenvalue weighted by Crippen LogP contribution is 2.34. The summed E-state index contributed by atoms with van der Waals surface area (Å²) >= 11 is 0. The van der Waals surface area contributed by atoms with Gasteiger partial charge >= 0.3 is 23.9 Å². The molecule has 0 bridgehead atoms. The van der Waals surface area contributed by atoms with Gasteiger partial charge < -0.3 is 33.2 Å². The second-order valence-corrected chi connectivity index (χ2v) is 11.1. The number of nitrogens with one attached hydrogen (secondary N) is 1. The molecule has 0 unspecified atom stereocenters. The fourth-order valence-electron chi connectivity index (χ4n) is 4.93. The fourth-order valence-corrected chi connectivity index (χ4v) is 4.93. The van der Waals surface area contributed by atoms with Crippen LogP contribution in [0.3, 0.4) is 0 Å². The number of H-pyrrole nitrogens is 1. The van der Waals surface area contributed by atoms with Crippen molar-refractivity contribution in [3.05, 3.63) is 51.5 Å². The normalized spacial score (nSPS) is 20.4. The number of carbonyl (C=O) groups is 4. The van der Waals surface area contributed by atoms with Crippen molar-refractivity contribution < 1.29 is 52.3 Å². The lowest BCUT2D eigenvalue weighted by Gasteiger charge is -2.43. The first-order valence-corrected chi connectivity index (χ1v) is 15.2. The molecule has 0 aliphatic carbocycles. The van der Waals surface area contributed by atoms with Gasteiger partial charge in [-0.15, -0.1) is 5.10 Å². The van der Waals surface area contributed by atoms with Gasteiger partial charge in [0, 0.05) is 56.8 Å². The highest BCUT2D eigenvalue weighted by molar-refractivity contribution is 5.68. The minimum absolute atomic E-state index is 0.0122. The van der Waals surface area contributed by atoms with E-state index in [9.17, 15) is 19.2 Å². The van der Waals surface area contributed by atoms with Crippen LogP contribution in [-0.4, -0.2) is 84.5 Å². The first kappa shape index (κ1) is 36.6. The van der Waals surface area contributed by atoms with E-state index >= 15 is 0 Å². The molecule has 256 valence electrons. The highest BCUT2D eigenvalue weighted by atomic mass is 16.7. The molecule has 1 aromatic carbocycles. The molecule has 1 aromatic heterocycles. The molecular weight excluding hydrogens is 618 g/mol. The molecular formula is C31H41N5O11. The molecule has 3 rings (SSSR count). The van der Waals surface area contributed by atoms with Crippen LogP contribution in [0.4, 0.5) is 0 Å². The van der Waals surface area contributed by atoms with Gasteiger partial charge in [-0.25, -0.2) is 0 Å². The van der Waals surface area contributed by atoms with Crippen LogP contribution in [0.5, 0.6) is 11.6 Å². The fraction of sp³-hybridized carbons (Fsp3) is 0.581. The van der Waals surface area contributed by atoms with Crippen molar-refractivity contribution in [2.75, 3.05) is 19.8 Å². The molecule has 16 heteroatoms. The minimum Gasteiger partial charge on any atom is -0.494 e. The first-order chi connectivity index (χ1) is 22.4. The van der Waals surface area contributed by atoms with Gasteiger partial charge in [0.2, 0.25) is 18.3 Å². The van der Waals surface area contributed by atoms with E-state index in [1.165, 1.54) is 6.92 Å². The van der Waals surface area contributed by atoms with Gasteiger partial charge in [-0.3, -0.25) is 24.3 Å². The lowest BCUT2D eigenvalue weighted by molar-refractivity contribution is -0.289. The van der Waals surface area contributed by atoms with Crippen LogP contribution in [0.25, 0.3) is 10.4 Å². The summed E-state index contributed by atoms with van der Waals surface area (Å²) in [5.74, 6) is -2.03. The van der Waals surface area contributed by atoms with Gasteiger partial charge in [0.05, 0.1) is 6.61 Å². The zero-order chi connectivity index (χ0) is 34.5. The third-order valence-electron chi connectivity index (χ3n) is 6.90. The molecule has 5 atom stereocenters. The first-order valence-electron chi connectivity index (χ1n) is 15.2. The van der Waals surface area contributed by atoms with Crippen molar-refractivity contribution in [3.8, 4) is 11.6 Å². The van der Waals surface area contributed by atoms with Crippen LogP contribution in [0.2, 0.25) is 0 Å². The Kier molecular flexibility index (Phi) is 13.8. The smallest absolute Gasteiger partial charge is 0.303 e. The third kappa shape index (κ3) is 11.2. The summed E-state index contributed by atoms with van der Waals surface area (Å²) in [5.41, 5.74) is 10.8. The number of benzene rings is 1. The van der Waals surface area contributed by atoms with Gasteiger partial charge in [0.25, 0.3) is 0 Å². The van der Waals surface area contributed by atoms with Crippen LogP contribution in [0.15, 0.2) is 29.4 Å². The standard InChI is InChI=1S/C31H41N5O11/c1-17(2)26-24(15-22-9-11-23(12-10-22)41-14-8-7-13-33-36-32)30(35-34-26)47-31-29(45-21(6)40)28(44-20(5)39)27(43-19(4)38)25(46-31)16-42-18(3)37/h9-12,17,25,27-29,31H,7-8,13-16H2,1-6H3,(H,34,35)/t25-,27-,28+,29-,31+/m1/s1. The predicted molar refractivity (Wildman–Crippen MR) is 163 cm³/mol. The number of hydrogen-bond donors (Lipinski definition) is 1. The second-order valence-electron chi connectivity index (χ2n) is 11.1. The highest BCUT2D eigenvalue weighted by Gasteiger charge is 2.53. The molecule has 2 heterocycles. The summed E-state index contributed by atoms with van der Waals surface area (Å²) in [4.78, 5) is 50.8. The Morgan fingerprint density at radius 3 is 2.17 bits per heavy atom. The summed E-state index contributed by atoms with van der Waals surface area (Å²) < 4.78 is 39.7. The van der Waals surface area contributed by atoms with Crippen molar-refractivity contribution in [2.45, 2.75) is 97.4 Å². The van der Waals surface area contributed by atoms with Gasteiger partial charge in [-0.05, 0) is 42.0 Å². The number of hydrogen-bond acceptors (Lipinski definition) is 13. The topological polar surface area (TPSA) is 210 Å². The number of ether oxygens (including phenoxy) is 7.